The number of aromatic nitrogens is 1. The van der Waals surface area contributed by atoms with E-state index in [1.54, 1.807) is 0 Å². The number of nitrogens with zero attached hydrogens (tertiary/aromatic N) is 2. The monoisotopic (exact) mass is 284 g/mol. The van der Waals surface area contributed by atoms with Crippen LogP contribution in [0.1, 0.15) is 17.7 Å². The topological polar surface area (TPSA) is 56.0 Å². The normalized spacial score (nSPS) is 10.7. The highest BCUT2D eigenvalue weighted by Crippen LogP contribution is 2.31. The summed E-state index contributed by atoms with van der Waals surface area (Å²) in [7, 11) is 0. The average Bonchev–Trinajstić information content (AvgIpc) is 2.15. The van der Waals surface area contributed by atoms with Crippen molar-refractivity contribution < 1.29 is 18.1 Å². The van der Waals surface area contributed by atoms with E-state index in [0.29, 0.717) is 6.20 Å². The zero-order valence-electron chi connectivity index (χ0n) is 7.08. The number of hydrogen-bond acceptors (Lipinski definition) is 3. The first-order valence-corrected chi connectivity index (χ1v) is 4.77. The second-order valence-electron chi connectivity index (χ2n) is 2.51. The highest BCUT2D eigenvalue weighted by Gasteiger charge is 2.27. The van der Waals surface area contributed by atoms with Gasteiger partial charge in [0.2, 0.25) is 5.82 Å². The van der Waals surface area contributed by atoms with Crippen molar-refractivity contribution in [3.8, 4) is 0 Å². The molecule has 4 nitrogen and oxygen atoms in total. The van der Waals surface area contributed by atoms with E-state index in [2.05, 4.69) is 20.9 Å². The Bertz CT molecular complexity index is 400. The van der Waals surface area contributed by atoms with Gasteiger partial charge in [-0.15, -0.1) is 0 Å². The molecule has 0 unspecified atom stereocenters. The van der Waals surface area contributed by atoms with Gasteiger partial charge in [-0.3, -0.25) is 15.1 Å². The van der Waals surface area contributed by atoms with E-state index in [1.807, 2.05) is 0 Å². The predicted molar refractivity (Wildman–Crippen MR) is 48.4 cm³/mol. The number of pyridine rings is 1. The number of halogens is 4. The number of alkyl halides is 3. The van der Waals surface area contributed by atoms with Gasteiger partial charge in [-0.1, -0.05) is 15.9 Å². The SMILES string of the molecule is O=[N+]([O-])c1c(F)cnc(C(F)F)c1CBr. The minimum atomic E-state index is -2.98. The van der Waals surface area contributed by atoms with Gasteiger partial charge < -0.3 is 0 Å². The maximum atomic E-state index is 13.0. The number of rotatable bonds is 3. The van der Waals surface area contributed by atoms with Crippen LogP contribution < -0.4 is 0 Å². The van der Waals surface area contributed by atoms with Crippen molar-refractivity contribution in [1.29, 1.82) is 0 Å². The molecule has 15 heavy (non-hydrogen) atoms. The van der Waals surface area contributed by atoms with E-state index in [1.165, 1.54) is 0 Å². The molecule has 0 radical (unpaired) electrons. The molecule has 0 atom stereocenters. The van der Waals surface area contributed by atoms with Crippen molar-refractivity contribution in [2.75, 3.05) is 0 Å². The summed E-state index contributed by atoms with van der Waals surface area (Å²) in [6.45, 7) is 0. The summed E-state index contributed by atoms with van der Waals surface area (Å²) in [4.78, 5) is 12.5. The lowest BCUT2D eigenvalue weighted by Crippen LogP contribution is -2.04. The molecule has 0 saturated heterocycles. The van der Waals surface area contributed by atoms with E-state index in [0.717, 1.165) is 0 Å². The highest BCUT2D eigenvalue weighted by molar-refractivity contribution is 9.08. The molecule has 1 aromatic heterocycles. The molecule has 0 fully saturated rings. The predicted octanol–water partition coefficient (Wildman–Crippen LogP) is 2.96. The van der Waals surface area contributed by atoms with Crippen molar-refractivity contribution in [2.24, 2.45) is 0 Å². The van der Waals surface area contributed by atoms with Crippen LogP contribution in [0.15, 0.2) is 6.20 Å². The van der Waals surface area contributed by atoms with Crippen molar-refractivity contribution in [3.05, 3.63) is 33.4 Å². The Morgan fingerprint density at radius 1 is 1.60 bits per heavy atom. The summed E-state index contributed by atoms with van der Waals surface area (Å²) in [5.41, 5.74) is -2.17. The lowest BCUT2D eigenvalue weighted by molar-refractivity contribution is -0.388. The molecule has 0 saturated carbocycles. The van der Waals surface area contributed by atoms with Crippen molar-refractivity contribution >= 4 is 21.6 Å². The summed E-state index contributed by atoms with van der Waals surface area (Å²) in [5.74, 6) is -1.22. The van der Waals surface area contributed by atoms with E-state index in [9.17, 15) is 23.3 Å². The van der Waals surface area contributed by atoms with Gasteiger partial charge in [0.25, 0.3) is 6.43 Å². The van der Waals surface area contributed by atoms with Gasteiger partial charge >= 0.3 is 5.69 Å². The summed E-state index contributed by atoms with van der Waals surface area (Å²) in [6, 6.07) is 0. The fourth-order valence-corrected chi connectivity index (χ4v) is 1.60. The van der Waals surface area contributed by atoms with E-state index in [4.69, 9.17) is 0 Å². The van der Waals surface area contributed by atoms with E-state index >= 15 is 0 Å². The Morgan fingerprint density at radius 3 is 2.60 bits per heavy atom. The zero-order valence-corrected chi connectivity index (χ0v) is 8.67. The molecule has 0 aromatic carbocycles. The molecule has 82 valence electrons. The molecule has 1 rings (SSSR count). The van der Waals surface area contributed by atoms with Crippen LogP contribution >= 0.6 is 15.9 Å². The third kappa shape index (κ3) is 2.25. The lowest BCUT2D eigenvalue weighted by atomic mass is 10.2. The largest absolute Gasteiger partial charge is 0.312 e. The quantitative estimate of drug-likeness (QED) is 0.487. The van der Waals surface area contributed by atoms with Crippen LogP contribution in [-0.4, -0.2) is 9.91 Å². The molecule has 1 heterocycles. The highest BCUT2D eigenvalue weighted by atomic mass is 79.9. The summed E-state index contributed by atoms with van der Waals surface area (Å²) in [5, 5.41) is 10.2. The van der Waals surface area contributed by atoms with Gasteiger partial charge in [-0.05, 0) is 0 Å². The molecule has 0 amide bonds. The standard InChI is InChI=1S/C7H4BrF3N2O2/c8-1-3-5(7(10)11)12-2-4(9)6(3)13(14)15/h2,7H,1H2. The van der Waals surface area contributed by atoms with E-state index in [-0.39, 0.29) is 5.33 Å². The van der Waals surface area contributed by atoms with Gasteiger partial charge in [-0.25, -0.2) is 8.78 Å². The molecule has 1 aromatic rings. The number of nitro groups is 1. The van der Waals surface area contributed by atoms with Crippen LogP contribution in [0, 0.1) is 15.9 Å². The van der Waals surface area contributed by atoms with Gasteiger partial charge in [-0.2, -0.15) is 4.39 Å². The average molecular weight is 285 g/mol. The van der Waals surface area contributed by atoms with Crippen LogP contribution in [0.4, 0.5) is 18.9 Å². The Balaban J connectivity index is 3.47. The second kappa shape index (κ2) is 4.56. The first kappa shape index (κ1) is 11.9. The maximum absolute atomic E-state index is 13.0. The first-order valence-electron chi connectivity index (χ1n) is 3.64. The van der Waals surface area contributed by atoms with Crippen LogP contribution in [0.5, 0.6) is 0 Å². The first-order chi connectivity index (χ1) is 6.99. The van der Waals surface area contributed by atoms with E-state index < -0.39 is 34.1 Å². The molecular weight excluding hydrogens is 281 g/mol. The third-order valence-corrected chi connectivity index (χ3v) is 2.22. The summed E-state index contributed by atoms with van der Waals surface area (Å²) >= 11 is 2.79. The Hall–Kier alpha value is -1.18. The fourth-order valence-electron chi connectivity index (χ4n) is 1.05. The molecule has 0 aliphatic carbocycles. The van der Waals surface area contributed by atoms with Gasteiger partial charge in [0.1, 0.15) is 5.69 Å². The molecule has 0 bridgehead atoms. The van der Waals surface area contributed by atoms with Gasteiger partial charge in [0.15, 0.2) is 0 Å². The Labute approximate surface area is 90.4 Å². The second-order valence-corrected chi connectivity index (χ2v) is 3.07. The minimum absolute atomic E-state index is 0.256. The fraction of sp³-hybridized carbons (Fsp3) is 0.286. The van der Waals surface area contributed by atoms with Gasteiger partial charge in [0, 0.05) is 5.33 Å². The Morgan fingerprint density at radius 2 is 2.20 bits per heavy atom. The molecule has 0 aliphatic heterocycles. The lowest BCUT2D eigenvalue weighted by Gasteiger charge is -2.05. The molecule has 0 aliphatic rings. The van der Waals surface area contributed by atoms with Crippen molar-refractivity contribution in [1.82, 2.24) is 4.98 Å². The van der Waals surface area contributed by atoms with Crippen LogP contribution in [0.25, 0.3) is 0 Å². The molecular formula is C7H4BrF3N2O2. The smallest absolute Gasteiger partial charge is 0.258 e. The molecule has 0 spiro atoms. The summed E-state index contributed by atoms with van der Waals surface area (Å²) in [6.07, 6.45) is -2.55. The Kier molecular flexibility index (Phi) is 3.61. The zero-order chi connectivity index (χ0) is 11.6. The molecule has 0 N–H and O–H groups in total. The van der Waals surface area contributed by atoms with Crippen LogP contribution in [0.2, 0.25) is 0 Å². The van der Waals surface area contributed by atoms with Crippen molar-refractivity contribution in [2.45, 2.75) is 11.8 Å². The molecule has 8 heteroatoms. The van der Waals surface area contributed by atoms with Crippen molar-refractivity contribution in [3.63, 3.8) is 0 Å². The summed E-state index contributed by atoms with van der Waals surface area (Å²) < 4.78 is 37.7. The van der Waals surface area contributed by atoms with Crippen LogP contribution in [0.3, 0.4) is 0 Å². The van der Waals surface area contributed by atoms with Crippen LogP contribution in [-0.2, 0) is 5.33 Å². The number of hydrogen-bond donors (Lipinski definition) is 0. The van der Waals surface area contributed by atoms with Gasteiger partial charge in [0.05, 0.1) is 16.7 Å². The minimum Gasteiger partial charge on any atom is -0.258 e. The maximum Gasteiger partial charge on any atom is 0.312 e. The third-order valence-electron chi connectivity index (χ3n) is 1.66.